The second-order valence-corrected chi connectivity index (χ2v) is 7.07. The summed E-state index contributed by atoms with van der Waals surface area (Å²) in [7, 11) is 0. The molecule has 0 saturated heterocycles. The molecule has 0 aliphatic carbocycles. The fourth-order valence-corrected chi connectivity index (χ4v) is 3.23. The number of rotatable bonds is 6. The number of benzene rings is 2. The van der Waals surface area contributed by atoms with Gasteiger partial charge in [0.2, 0.25) is 11.1 Å². The number of carbonyl (C=O) groups excluding carboxylic acids is 1. The van der Waals surface area contributed by atoms with E-state index in [-0.39, 0.29) is 17.7 Å². The van der Waals surface area contributed by atoms with Crippen molar-refractivity contribution in [3.05, 3.63) is 65.2 Å². The maximum Gasteiger partial charge on any atom is 0.230 e. The van der Waals surface area contributed by atoms with Gasteiger partial charge < -0.3 is 5.32 Å². The fraction of sp³-hybridized carbons (Fsp3) is 0.263. The van der Waals surface area contributed by atoms with E-state index < -0.39 is 0 Å². The van der Waals surface area contributed by atoms with Crippen molar-refractivity contribution in [3.8, 4) is 5.69 Å². The van der Waals surface area contributed by atoms with Crippen molar-refractivity contribution in [3.63, 3.8) is 0 Å². The number of thioether (sulfide) groups is 1. The standard InChI is InChI=1S/C19H21N5OS/c1-13-9-10-16(11-14(13)2)15(3)20-18(25)12-26-19-21-22-23-24(19)17-7-5-4-6-8-17/h4-11,15H,12H2,1-3H3,(H,20,25). The van der Waals surface area contributed by atoms with Crippen molar-refractivity contribution >= 4 is 17.7 Å². The molecule has 3 aromatic rings. The molecular weight excluding hydrogens is 346 g/mol. The van der Waals surface area contributed by atoms with E-state index in [1.165, 1.54) is 22.9 Å². The zero-order valence-corrected chi connectivity index (χ0v) is 15.8. The monoisotopic (exact) mass is 367 g/mol. The first kappa shape index (κ1) is 18.1. The minimum atomic E-state index is -0.0525. The highest BCUT2D eigenvalue weighted by molar-refractivity contribution is 7.99. The lowest BCUT2D eigenvalue weighted by Gasteiger charge is -2.15. The summed E-state index contributed by atoms with van der Waals surface area (Å²) in [4.78, 5) is 12.3. The van der Waals surface area contributed by atoms with Crippen LogP contribution in [-0.2, 0) is 4.79 Å². The summed E-state index contributed by atoms with van der Waals surface area (Å²) in [5, 5.41) is 15.3. The van der Waals surface area contributed by atoms with Gasteiger partial charge in [0.05, 0.1) is 17.5 Å². The molecule has 0 aliphatic rings. The molecule has 2 aromatic carbocycles. The van der Waals surface area contributed by atoms with Gasteiger partial charge in [-0.15, -0.1) is 5.10 Å². The average molecular weight is 367 g/mol. The van der Waals surface area contributed by atoms with Crippen LogP contribution in [-0.4, -0.2) is 31.9 Å². The van der Waals surface area contributed by atoms with Gasteiger partial charge in [-0.2, -0.15) is 4.68 Å². The van der Waals surface area contributed by atoms with E-state index in [2.05, 4.69) is 52.9 Å². The highest BCUT2D eigenvalue weighted by Crippen LogP contribution is 2.19. The van der Waals surface area contributed by atoms with Gasteiger partial charge in [0.25, 0.3) is 0 Å². The van der Waals surface area contributed by atoms with Gasteiger partial charge in [0.1, 0.15) is 0 Å². The molecule has 0 radical (unpaired) electrons. The predicted octanol–water partition coefficient (Wildman–Crippen LogP) is 3.25. The van der Waals surface area contributed by atoms with Crippen molar-refractivity contribution < 1.29 is 4.79 Å². The molecule has 1 unspecified atom stereocenters. The van der Waals surface area contributed by atoms with Crippen LogP contribution in [0.5, 0.6) is 0 Å². The first-order valence-electron chi connectivity index (χ1n) is 8.37. The van der Waals surface area contributed by atoms with E-state index in [1.807, 2.05) is 37.3 Å². The lowest BCUT2D eigenvalue weighted by Crippen LogP contribution is -2.28. The van der Waals surface area contributed by atoms with E-state index in [0.717, 1.165) is 11.3 Å². The minimum Gasteiger partial charge on any atom is -0.349 e. The molecule has 1 aromatic heterocycles. The van der Waals surface area contributed by atoms with Crippen LogP contribution in [0.1, 0.15) is 29.7 Å². The molecule has 134 valence electrons. The Bertz CT molecular complexity index is 894. The molecule has 3 rings (SSSR count). The summed E-state index contributed by atoms with van der Waals surface area (Å²) < 4.78 is 1.63. The molecule has 1 atom stereocenters. The van der Waals surface area contributed by atoms with Crippen LogP contribution < -0.4 is 5.32 Å². The number of carbonyl (C=O) groups is 1. The summed E-state index contributed by atoms with van der Waals surface area (Å²) in [6, 6.07) is 15.8. The summed E-state index contributed by atoms with van der Waals surface area (Å²) in [6.45, 7) is 6.14. The van der Waals surface area contributed by atoms with Gasteiger partial charge in [-0.3, -0.25) is 4.79 Å². The summed E-state index contributed by atoms with van der Waals surface area (Å²) in [5.41, 5.74) is 4.43. The highest BCUT2D eigenvalue weighted by atomic mass is 32.2. The smallest absolute Gasteiger partial charge is 0.230 e. The Kier molecular flexibility index (Phi) is 5.68. The zero-order chi connectivity index (χ0) is 18.5. The van der Waals surface area contributed by atoms with Gasteiger partial charge in [0, 0.05) is 0 Å². The Labute approximate surface area is 157 Å². The third-order valence-electron chi connectivity index (χ3n) is 4.18. The Morgan fingerprint density at radius 2 is 1.92 bits per heavy atom. The summed E-state index contributed by atoms with van der Waals surface area (Å²) in [6.07, 6.45) is 0. The molecular formula is C19H21N5OS. The zero-order valence-electron chi connectivity index (χ0n) is 15.0. The number of para-hydroxylation sites is 1. The van der Waals surface area contributed by atoms with E-state index >= 15 is 0 Å². The number of hydrogen-bond acceptors (Lipinski definition) is 5. The summed E-state index contributed by atoms with van der Waals surface area (Å²) >= 11 is 1.31. The van der Waals surface area contributed by atoms with Gasteiger partial charge in [-0.1, -0.05) is 48.2 Å². The quantitative estimate of drug-likeness (QED) is 0.677. The van der Waals surface area contributed by atoms with E-state index in [1.54, 1.807) is 4.68 Å². The number of amides is 1. The third kappa shape index (κ3) is 4.29. The second kappa shape index (κ2) is 8.14. The third-order valence-corrected chi connectivity index (χ3v) is 5.10. The molecule has 0 aliphatic heterocycles. The SMILES string of the molecule is Cc1ccc(C(C)NC(=O)CSc2nnnn2-c2ccccc2)cc1C. The number of tetrazole rings is 1. The lowest BCUT2D eigenvalue weighted by molar-refractivity contribution is -0.119. The van der Waals surface area contributed by atoms with Gasteiger partial charge in [-0.25, -0.2) is 0 Å². The Morgan fingerprint density at radius 3 is 2.65 bits per heavy atom. The van der Waals surface area contributed by atoms with Crippen molar-refractivity contribution in [2.24, 2.45) is 0 Å². The van der Waals surface area contributed by atoms with Crippen LogP contribution in [0.2, 0.25) is 0 Å². The van der Waals surface area contributed by atoms with Crippen LogP contribution in [0, 0.1) is 13.8 Å². The fourth-order valence-electron chi connectivity index (χ4n) is 2.53. The Morgan fingerprint density at radius 1 is 1.15 bits per heavy atom. The molecule has 1 amide bonds. The number of nitrogens with zero attached hydrogens (tertiary/aromatic N) is 4. The minimum absolute atomic E-state index is 0.0486. The van der Waals surface area contributed by atoms with Gasteiger partial charge in [0.15, 0.2) is 0 Å². The number of nitrogens with one attached hydrogen (secondary N) is 1. The molecule has 1 N–H and O–H groups in total. The van der Waals surface area contributed by atoms with Crippen molar-refractivity contribution in [1.29, 1.82) is 0 Å². The molecule has 26 heavy (non-hydrogen) atoms. The molecule has 0 spiro atoms. The van der Waals surface area contributed by atoms with Crippen LogP contribution in [0.3, 0.4) is 0 Å². The number of aromatic nitrogens is 4. The molecule has 7 heteroatoms. The van der Waals surface area contributed by atoms with Crippen molar-refractivity contribution in [2.45, 2.75) is 32.0 Å². The van der Waals surface area contributed by atoms with E-state index in [0.29, 0.717) is 5.16 Å². The topological polar surface area (TPSA) is 72.7 Å². The second-order valence-electron chi connectivity index (χ2n) is 6.13. The van der Waals surface area contributed by atoms with E-state index in [4.69, 9.17) is 0 Å². The molecule has 6 nitrogen and oxygen atoms in total. The average Bonchev–Trinajstić information content (AvgIpc) is 3.11. The maximum atomic E-state index is 12.3. The lowest BCUT2D eigenvalue weighted by atomic mass is 10.0. The van der Waals surface area contributed by atoms with E-state index in [9.17, 15) is 4.79 Å². The maximum absolute atomic E-state index is 12.3. The number of aryl methyl sites for hydroxylation is 2. The first-order chi connectivity index (χ1) is 12.5. The van der Waals surface area contributed by atoms with Crippen LogP contribution in [0.4, 0.5) is 0 Å². The Hall–Kier alpha value is -2.67. The predicted molar refractivity (Wildman–Crippen MR) is 102 cm³/mol. The van der Waals surface area contributed by atoms with Gasteiger partial charge >= 0.3 is 0 Å². The van der Waals surface area contributed by atoms with Crippen LogP contribution >= 0.6 is 11.8 Å². The highest BCUT2D eigenvalue weighted by Gasteiger charge is 2.14. The molecule has 1 heterocycles. The first-order valence-corrected chi connectivity index (χ1v) is 9.36. The summed E-state index contributed by atoms with van der Waals surface area (Å²) in [5.74, 6) is 0.200. The molecule has 0 fully saturated rings. The number of hydrogen-bond donors (Lipinski definition) is 1. The normalized spacial score (nSPS) is 12.0. The van der Waals surface area contributed by atoms with Crippen molar-refractivity contribution in [1.82, 2.24) is 25.5 Å². The van der Waals surface area contributed by atoms with Crippen LogP contribution in [0.15, 0.2) is 53.7 Å². The largest absolute Gasteiger partial charge is 0.349 e. The molecule has 0 bridgehead atoms. The van der Waals surface area contributed by atoms with Gasteiger partial charge in [-0.05, 0) is 60.0 Å². The van der Waals surface area contributed by atoms with Crippen molar-refractivity contribution in [2.75, 3.05) is 5.75 Å². The molecule has 0 saturated carbocycles. The Balaban J connectivity index is 1.60. The van der Waals surface area contributed by atoms with Crippen LogP contribution in [0.25, 0.3) is 5.69 Å².